The summed E-state index contributed by atoms with van der Waals surface area (Å²) in [5.41, 5.74) is 1.22. The van der Waals surface area contributed by atoms with Crippen LogP contribution in [0.25, 0.3) is 0 Å². The fourth-order valence-corrected chi connectivity index (χ4v) is 0. The van der Waals surface area contributed by atoms with Gasteiger partial charge in [-0.25, -0.2) is 0 Å². The minimum absolute atomic E-state index is 0.255. The number of halogens is 1. The lowest BCUT2D eigenvalue weighted by Crippen LogP contribution is -1.80. The lowest BCUT2D eigenvalue weighted by molar-refractivity contribution is -0.116. The maximum atomic E-state index is 9.81. The van der Waals surface area contributed by atoms with Crippen molar-refractivity contribution in [3.05, 3.63) is 12.1 Å². The summed E-state index contributed by atoms with van der Waals surface area (Å²) in [6, 6.07) is 0. The molecular formula is C6H11ClO. The minimum atomic E-state index is 0.255. The van der Waals surface area contributed by atoms with E-state index in [1.54, 1.807) is 6.92 Å². The number of rotatable bonds is 1. The zero-order valence-corrected chi connectivity index (χ0v) is 6.03. The van der Waals surface area contributed by atoms with Gasteiger partial charge in [0, 0.05) is 6.42 Å². The number of ketones is 1. The van der Waals surface area contributed by atoms with Gasteiger partial charge in [0.2, 0.25) is 0 Å². The van der Waals surface area contributed by atoms with E-state index in [4.69, 9.17) is 11.6 Å². The average molecular weight is 135 g/mol. The molecule has 0 aromatic carbocycles. The van der Waals surface area contributed by atoms with Crippen molar-refractivity contribution >= 4 is 17.4 Å². The van der Waals surface area contributed by atoms with Crippen LogP contribution in [0.5, 0.6) is 0 Å². The van der Waals surface area contributed by atoms with Crippen LogP contribution in [0.4, 0.5) is 0 Å². The zero-order chi connectivity index (χ0) is 6.99. The molecule has 0 amide bonds. The third kappa shape index (κ3) is 43.6. The Labute approximate surface area is 55.3 Å². The van der Waals surface area contributed by atoms with E-state index in [1.165, 1.54) is 5.54 Å². The molecule has 0 spiro atoms. The summed E-state index contributed by atoms with van der Waals surface area (Å²) >= 11 is 4.76. The molecule has 0 radical (unpaired) electrons. The summed E-state index contributed by atoms with van der Waals surface area (Å²) in [6.07, 6.45) is 0.667. The lowest BCUT2D eigenvalue weighted by atomic mass is 10.4. The third-order valence-electron chi connectivity index (χ3n) is 0.498. The van der Waals surface area contributed by atoms with E-state index in [0.717, 1.165) is 0 Å². The highest BCUT2D eigenvalue weighted by atomic mass is 35.5. The molecule has 0 aliphatic rings. The zero-order valence-electron chi connectivity index (χ0n) is 5.28. The second-order valence-electron chi connectivity index (χ2n) is 1.21. The van der Waals surface area contributed by atoms with Crippen molar-refractivity contribution in [2.45, 2.75) is 20.3 Å². The molecule has 0 aliphatic carbocycles. The van der Waals surface area contributed by atoms with Gasteiger partial charge < -0.3 is 4.79 Å². The van der Waals surface area contributed by atoms with Crippen molar-refractivity contribution in [3.8, 4) is 0 Å². The quantitative estimate of drug-likeness (QED) is 0.538. The molecular weight excluding hydrogens is 124 g/mol. The van der Waals surface area contributed by atoms with Gasteiger partial charge >= 0.3 is 0 Å². The predicted octanol–water partition coefficient (Wildman–Crippen LogP) is 2.35. The van der Waals surface area contributed by atoms with E-state index >= 15 is 0 Å². The Kier molecular flexibility index (Phi) is 13.1. The Morgan fingerprint density at radius 2 is 2.00 bits per heavy atom. The highest BCUT2D eigenvalue weighted by Gasteiger charge is 1.76. The van der Waals surface area contributed by atoms with E-state index in [0.29, 0.717) is 6.42 Å². The molecule has 0 heterocycles. The predicted molar refractivity (Wildman–Crippen MR) is 37.0 cm³/mol. The highest BCUT2D eigenvalue weighted by molar-refractivity contribution is 6.25. The van der Waals surface area contributed by atoms with E-state index in [1.807, 2.05) is 6.92 Å². The molecule has 48 valence electrons. The third-order valence-corrected chi connectivity index (χ3v) is 0.498. The standard InChI is InChI=1S/C4H8O.C2H3Cl/c1-3-4(2)5;1-2-3/h3H2,1-2H3;2H,1H2. The minimum Gasteiger partial charge on any atom is -0.300 e. The Hall–Kier alpha value is -0.300. The van der Waals surface area contributed by atoms with Gasteiger partial charge in [-0.05, 0) is 12.5 Å². The topological polar surface area (TPSA) is 17.1 Å². The lowest BCUT2D eigenvalue weighted by Gasteiger charge is -1.71. The molecule has 0 saturated heterocycles. The smallest absolute Gasteiger partial charge is 0.129 e. The first kappa shape index (κ1) is 10.6. The van der Waals surface area contributed by atoms with Crippen LogP contribution >= 0.6 is 11.6 Å². The Morgan fingerprint density at radius 3 is 2.00 bits per heavy atom. The van der Waals surface area contributed by atoms with E-state index in [-0.39, 0.29) is 5.78 Å². The summed E-state index contributed by atoms with van der Waals surface area (Å²) in [5, 5.41) is 0. The van der Waals surface area contributed by atoms with Gasteiger partial charge in [-0.1, -0.05) is 25.1 Å². The Bertz CT molecular complexity index is 68.9. The molecule has 0 saturated carbocycles. The van der Waals surface area contributed by atoms with Gasteiger partial charge in [0.25, 0.3) is 0 Å². The first-order valence-corrected chi connectivity index (χ1v) is 2.83. The van der Waals surface area contributed by atoms with Gasteiger partial charge in [-0.2, -0.15) is 0 Å². The molecule has 0 aliphatic heterocycles. The molecule has 0 atom stereocenters. The molecule has 0 unspecified atom stereocenters. The first-order valence-electron chi connectivity index (χ1n) is 2.39. The Balaban J connectivity index is 0. The highest BCUT2D eigenvalue weighted by Crippen LogP contribution is 1.71. The van der Waals surface area contributed by atoms with Crippen LogP contribution in [0, 0.1) is 0 Å². The fraction of sp³-hybridized carbons (Fsp3) is 0.500. The van der Waals surface area contributed by atoms with Crippen molar-refractivity contribution in [1.82, 2.24) is 0 Å². The largest absolute Gasteiger partial charge is 0.300 e. The Morgan fingerprint density at radius 1 is 1.88 bits per heavy atom. The van der Waals surface area contributed by atoms with Crippen LogP contribution in [-0.2, 0) is 4.79 Å². The van der Waals surface area contributed by atoms with Gasteiger partial charge in [-0.3, -0.25) is 0 Å². The number of hydrogen-bond acceptors (Lipinski definition) is 1. The molecule has 0 rings (SSSR count). The summed E-state index contributed by atoms with van der Waals surface area (Å²) < 4.78 is 0. The van der Waals surface area contributed by atoms with Crippen LogP contribution in [-0.4, -0.2) is 5.78 Å². The fourth-order valence-electron chi connectivity index (χ4n) is 0. The van der Waals surface area contributed by atoms with Crippen molar-refractivity contribution < 1.29 is 4.79 Å². The summed E-state index contributed by atoms with van der Waals surface area (Å²) in [4.78, 5) is 9.81. The summed E-state index contributed by atoms with van der Waals surface area (Å²) in [6.45, 7) is 6.56. The molecule has 0 bridgehead atoms. The van der Waals surface area contributed by atoms with Crippen LogP contribution < -0.4 is 0 Å². The number of carbonyl (C=O) groups is 1. The van der Waals surface area contributed by atoms with Gasteiger partial charge in [0.05, 0.1) is 0 Å². The monoisotopic (exact) mass is 134 g/mol. The van der Waals surface area contributed by atoms with Crippen LogP contribution in [0.3, 0.4) is 0 Å². The van der Waals surface area contributed by atoms with Crippen molar-refractivity contribution in [2.24, 2.45) is 0 Å². The molecule has 0 N–H and O–H groups in total. The second-order valence-corrected chi connectivity index (χ2v) is 1.52. The van der Waals surface area contributed by atoms with E-state index in [2.05, 4.69) is 6.58 Å². The van der Waals surface area contributed by atoms with Crippen LogP contribution in [0.2, 0.25) is 0 Å². The first-order chi connectivity index (χ1) is 3.68. The van der Waals surface area contributed by atoms with E-state index < -0.39 is 0 Å². The molecule has 0 fully saturated rings. The van der Waals surface area contributed by atoms with Crippen molar-refractivity contribution in [1.29, 1.82) is 0 Å². The molecule has 1 nitrogen and oxygen atoms in total. The van der Waals surface area contributed by atoms with Gasteiger partial charge in [0.1, 0.15) is 5.78 Å². The van der Waals surface area contributed by atoms with Crippen LogP contribution in [0.15, 0.2) is 12.1 Å². The maximum Gasteiger partial charge on any atom is 0.129 e. The number of carbonyl (C=O) groups excluding carboxylic acids is 1. The summed E-state index contributed by atoms with van der Waals surface area (Å²) in [5.74, 6) is 0.255. The second kappa shape index (κ2) is 9.85. The molecule has 2 heteroatoms. The number of Topliss-reactive ketones (excluding diaryl/α,β-unsaturated/α-hetero) is 1. The normalized spacial score (nSPS) is 6.38. The molecule has 0 aromatic heterocycles. The average Bonchev–Trinajstić information content (AvgIpc) is 1.69. The maximum absolute atomic E-state index is 9.81. The van der Waals surface area contributed by atoms with Crippen LogP contribution in [0.1, 0.15) is 20.3 Å². The van der Waals surface area contributed by atoms with Crippen molar-refractivity contribution in [2.75, 3.05) is 0 Å². The number of hydrogen-bond donors (Lipinski definition) is 0. The van der Waals surface area contributed by atoms with Crippen molar-refractivity contribution in [3.63, 3.8) is 0 Å². The SMILES string of the molecule is C=CCl.CCC(C)=O. The van der Waals surface area contributed by atoms with Gasteiger partial charge in [0.15, 0.2) is 0 Å². The summed E-state index contributed by atoms with van der Waals surface area (Å²) in [7, 11) is 0. The van der Waals surface area contributed by atoms with Gasteiger partial charge in [-0.15, -0.1) is 0 Å². The van der Waals surface area contributed by atoms with E-state index in [9.17, 15) is 4.79 Å². The molecule has 8 heavy (non-hydrogen) atoms. The molecule has 0 aromatic rings.